The Labute approximate surface area is 349 Å². The molecule has 0 aromatic heterocycles. The second-order valence-corrected chi connectivity index (χ2v) is 16.3. The van der Waals surface area contributed by atoms with Gasteiger partial charge in [-0.05, 0) is 74.4 Å². The van der Waals surface area contributed by atoms with E-state index >= 15 is 0 Å². The fraction of sp³-hybridized carbons (Fsp3) is 0.578. The van der Waals surface area contributed by atoms with Crippen LogP contribution in [0.1, 0.15) is 127 Å². The first-order valence-corrected chi connectivity index (χ1v) is 21.4. The van der Waals surface area contributed by atoms with Crippen LogP contribution in [-0.2, 0) is 35.2 Å². The van der Waals surface area contributed by atoms with Crippen LogP contribution in [0.4, 0.5) is 0 Å². The van der Waals surface area contributed by atoms with Gasteiger partial charge in [0.2, 0.25) is 17.7 Å². The average Bonchev–Trinajstić information content (AvgIpc) is 3.61. The molecule has 0 saturated carbocycles. The highest BCUT2D eigenvalue weighted by Crippen LogP contribution is 2.33. The predicted molar refractivity (Wildman–Crippen MR) is 228 cm³/mol. The van der Waals surface area contributed by atoms with Gasteiger partial charge in [0, 0.05) is 49.5 Å². The van der Waals surface area contributed by atoms with Crippen LogP contribution >= 0.6 is 0 Å². The second kappa shape index (κ2) is 25.2. The number of aliphatic hydroxyl groups excluding tert-OH is 1. The van der Waals surface area contributed by atoms with E-state index in [0.29, 0.717) is 50.5 Å². The van der Waals surface area contributed by atoms with E-state index in [-0.39, 0.29) is 43.1 Å². The number of carbonyl (C=O) groups excluding carboxylic acids is 7. The van der Waals surface area contributed by atoms with Crippen LogP contribution < -0.4 is 22.1 Å². The summed E-state index contributed by atoms with van der Waals surface area (Å²) in [6, 6.07) is 13.3. The molecule has 6 atom stereocenters. The minimum absolute atomic E-state index is 0.0280. The number of rotatable bonds is 28. The quantitative estimate of drug-likeness (QED) is 0.0394. The lowest BCUT2D eigenvalue weighted by Gasteiger charge is -2.25. The summed E-state index contributed by atoms with van der Waals surface area (Å²) in [6.45, 7) is 4.70. The van der Waals surface area contributed by atoms with Gasteiger partial charge < -0.3 is 32.2 Å². The van der Waals surface area contributed by atoms with Crippen molar-refractivity contribution in [3.8, 4) is 11.1 Å². The van der Waals surface area contributed by atoms with Crippen LogP contribution in [0.3, 0.4) is 0 Å². The van der Waals surface area contributed by atoms with Crippen molar-refractivity contribution in [3.05, 3.63) is 59.7 Å². The van der Waals surface area contributed by atoms with E-state index in [0.717, 1.165) is 36.8 Å². The molecule has 0 radical (unpaired) electrons. The number of unbranched alkanes of at least 4 members (excludes halogenated alkanes) is 2. The van der Waals surface area contributed by atoms with Gasteiger partial charge in [0.05, 0.1) is 18.6 Å². The molecule has 59 heavy (non-hydrogen) atoms. The van der Waals surface area contributed by atoms with Gasteiger partial charge in [0.25, 0.3) is 6.92 Å². The smallest absolute Gasteiger partial charge is 0.292 e. The molecule has 1 fully saturated rings. The lowest BCUT2D eigenvalue weighted by atomic mass is 9.57. The van der Waals surface area contributed by atoms with Gasteiger partial charge >= 0.3 is 0 Å². The number of aryl methyl sites for hydroxylation is 1. The minimum atomic E-state index is -1.38. The molecule has 13 nitrogen and oxygen atoms in total. The summed E-state index contributed by atoms with van der Waals surface area (Å²) in [4.78, 5) is 91.0. The Kier molecular flexibility index (Phi) is 20.8. The lowest BCUT2D eigenvalue weighted by Crippen LogP contribution is -2.51. The largest absolute Gasteiger partial charge is 0.450 e. The molecular formula is C45H65BN4O9. The third kappa shape index (κ3) is 16.6. The summed E-state index contributed by atoms with van der Waals surface area (Å²) >= 11 is 0. The molecule has 1 saturated heterocycles. The first kappa shape index (κ1) is 48.8. The predicted octanol–water partition coefficient (Wildman–Crippen LogP) is 4.68. The number of hydrogen-bond donors (Lipinski definition) is 6. The molecule has 8 N–H and O–H groups in total. The second-order valence-electron chi connectivity index (χ2n) is 16.3. The zero-order chi connectivity index (χ0) is 43.5. The van der Waals surface area contributed by atoms with Gasteiger partial charge in [-0.2, -0.15) is 0 Å². The Hall–Kier alpha value is -4.53. The third-order valence-corrected chi connectivity index (χ3v) is 11.3. The van der Waals surface area contributed by atoms with Crippen LogP contribution in [0, 0.1) is 11.8 Å². The molecule has 3 rings (SSSR count). The summed E-state index contributed by atoms with van der Waals surface area (Å²) in [6.07, 6.45) is 5.03. The number of benzene rings is 2. The normalized spacial score (nSPS) is 16.4. The molecular weight excluding hydrogens is 751 g/mol. The van der Waals surface area contributed by atoms with Crippen molar-refractivity contribution in [2.24, 2.45) is 23.3 Å². The maximum atomic E-state index is 13.6. The zero-order valence-corrected chi connectivity index (χ0v) is 35.1. The Morgan fingerprint density at radius 3 is 2.05 bits per heavy atom. The molecule has 1 aliphatic heterocycles. The lowest BCUT2D eigenvalue weighted by molar-refractivity contribution is -0.136. The molecule has 2 aromatic rings. The number of carbonyl (C=O) groups is 7. The number of nitrogens with one attached hydrogen (secondary N) is 2. The molecule has 322 valence electrons. The number of primary amides is 1. The van der Waals surface area contributed by atoms with Crippen LogP contribution in [0.2, 0.25) is 12.1 Å². The molecule has 0 bridgehead atoms. The van der Waals surface area contributed by atoms with Crippen molar-refractivity contribution in [2.45, 2.75) is 147 Å². The van der Waals surface area contributed by atoms with Gasteiger partial charge in [0.15, 0.2) is 17.3 Å². The Morgan fingerprint density at radius 2 is 1.47 bits per heavy atom. The summed E-state index contributed by atoms with van der Waals surface area (Å²) in [5.74, 6) is -5.56. The van der Waals surface area contributed by atoms with Crippen LogP contribution in [0.25, 0.3) is 11.1 Å². The van der Waals surface area contributed by atoms with E-state index in [2.05, 4.69) is 41.8 Å². The molecule has 2 aromatic carbocycles. The summed E-state index contributed by atoms with van der Waals surface area (Å²) in [7, 11) is 0. The first-order chi connectivity index (χ1) is 28.1. The van der Waals surface area contributed by atoms with E-state index in [1.165, 1.54) is 19.4 Å². The van der Waals surface area contributed by atoms with Gasteiger partial charge in [-0.25, -0.2) is 0 Å². The molecule has 1 aliphatic rings. The number of hydrogen-bond acceptors (Lipinski definition) is 10. The Morgan fingerprint density at radius 1 is 0.814 bits per heavy atom. The SMILES string of the molecule is CCCCc1ccc(-c2ccc(C(=O)CCCC(=O)C[C@@H](CCCCN)C(=O)N[C@H](C(=O)C[C@@H](C)C(=O)N[C@@H](CC(N)=O)C(=O)C[C@H]3CCCB3O)C(C)O)cc2)cc1. The van der Waals surface area contributed by atoms with Gasteiger partial charge in [0.1, 0.15) is 11.8 Å². The Bertz CT molecular complexity index is 1720. The van der Waals surface area contributed by atoms with Crippen molar-refractivity contribution in [2.75, 3.05) is 6.54 Å². The van der Waals surface area contributed by atoms with E-state index in [1.807, 2.05) is 12.1 Å². The topological polar surface area (TPSA) is 236 Å². The number of aliphatic hydroxyl groups is 1. The maximum absolute atomic E-state index is 13.6. The highest BCUT2D eigenvalue weighted by atomic mass is 16.3. The molecule has 14 heteroatoms. The number of amides is 3. The van der Waals surface area contributed by atoms with Crippen molar-refractivity contribution in [1.82, 2.24) is 10.6 Å². The maximum Gasteiger partial charge on any atom is 0.292 e. The highest BCUT2D eigenvalue weighted by Gasteiger charge is 2.36. The van der Waals surface area contributed by atoms with Crippen LogP contribution in [-0.4, -0.2) is 82.6 Å². The summed E-state index contributed by atoms with van der Waals surface area (Å²) in [5, 5.41) is 25.8. The monoisotopic (exact) mass is 816 g/mol. The van der Waals surface area contributed by atoms with Crippen molar-refractivity contribution in [1.29, 1.82) is 0 Å². The van der Waals surface area contributed by atoms with Crippen molar-refractivity contribution in [3.63, 3.8) is 0 Å². The summed E-state index contributed by atoms with van der Waals surface area (Å²) in [5.41, 5.74) is 14.9. The van der Waals surface area contributed by atoms with Gasteiger partial charge in [-0.1, -0.05) is 88.1 Å². The number of ketones is 4. The van der Waals surface area contributed by atoms with E-state index in [1.54, 1.807) is 12.1 Å². The van der Waals surface area contributed by atoms with E-state index in [4.69, 9.17) is 11.5 Å². The molecule has 3 amide bonds. The third-order valence-electron chi connectivity index (χ3n) is 11.3. The zero-order valence-electron chi connectivity index (χ0n) is 35.1. The molecule has 0 aliphatic carbocycles. The summed E-state index contributed by atoms with van der Waals surface area (Å²) < 4.78 is 0. The fourth-order valence-electron chi connectivity index (χ4n) is 7.60. The molecule has 1 unspecified atom stereocenters. The number of Topliss-reactive ketones (excluding diaryl/α,β-unsaturated/α-hetero) is 4. The minimum Gasteiger partial charge on any atom is -0.450 e. The van der Waals surface area contributed by atoms with Gasteiger partial charge in [-0.3, -0.25) is 33.6 Å². The highest BCUT2D eigenvalue weighted by molar-refractivity contribution is 6.53. The van der Waals surface area contributed by atoms with Gasteiger partial charge in [-0.15, -0.1) is 0 Å². The molecule has 1 heterocycles. The van der Waals surface area contributed by atoms with E-state index < -0.39 is 79.1 Å². The number of nitrogens with two attached hydrogens (primary N) is 2. The standard InChI is InChI=1S/C45H65BN4O9/c1-4-5-10-31-15-17-32(18-16-31)33-19-21-34(22-20-33)39(53)14-8-13-37(52)26-35(11-6-7-24-47)45(58)50-43(30(3)51)41(55)25-29(2)44(57)49-38(28-42(48)56)40(54)27-36-12-9-23-46(36)59/h15-22,29-30,35-36,38,43,51,59H,4-14,23-28,47H2,1-3H3,(H2,48,56)(H,49,57)(H,50,58)/t29-,30?,35-,36-,38+,43+/m1/s1. The van der Waals surface area contributed by atoms with Crippen molar-refractivity contribution < 1.29 is 43.7 Å². The fourth-order valence-corrected chi connectivity index (χ4v) is 7.60. The van der Waals surface area contributed by atoms with E-state index in [9.17, 15) is 43.7 Å². The molecule has 0 spiro atoms. The Balaban J connectivity index is 1.54. The van der Waals surface area contributed by atoms with Crippen molar-refractivity contribution >= 4 is 47.8 Å². The average molecular weight is 817 g/mol. The van der Waals surface area contributed by atoms with Crippen LogP contribution in [0.15, 0.2) is 48.5 Å². The van der Waals surface area contributed by atoms with Crippen LogP contribution in [0.5, 0.6) is 0 Å². The first-order valence-electron chi connectivity index (χ1n) is 21.4.